The molecular weight excluding hydrogens is 315 g/mol. The molecule has 1 aromatic rings. The van der Waals surface area contributed by atoms with Crippen molar-refractivity contribution in [3.63, 3.8) is 0 Å². The quantitative estimate of drug-likeness (QED) is 0.569. The fourth-order valence-electron chi connectivity index (χ4n) is 2.45. The molecule has 1 saturated heterocycles. The molecule has 0 N–H and O–H groups in total. The van der Waals surface area contributed by atoms with Crippen LogP contribution in [0.3, 0.4) is 0 Å². The van der Waals surface area contributed by atoms with Gasteiger partial charge < -0.3 is 18.8 Å². The normalized spacial score (nSPS) is 17.5. The molecule has 1 aliphatic rings. The van der Waals surface area contributed by atoms with Gasteiger partial charge in [-0.1, -0.05) is 39.2 Å². The molecule has 25 heavy (non-hydrogen) atoms. The van der Waals surface area contributed by atoms with Crippen LogP contribution in [-0.4, -0.2) is 32.2 Å². The lowest BCUT2D eigenvalue weighted by Crippen LogP contribution is -2.41. The van der Waals surface area contributed by atoms with Crippen LogP contribution in [0.4, 0.5) is 0 Å². The van der Waals surface area contributed by atoms with E-state index >= 15 is 0 Å². The summed E-state index contributed by atoms with van der Waals surface area (Å²) in [4.78, 5) is 0. The van der Waals surface area contributed by atoms with Gasteiger partial charge in [-0.3, -0.25) is 0 Å². The van der Waals surface area contributed by atoms with Crippen molar-refractivity contribution in [1.82, 2.24) is 0 Å². The van der Waals surface area contributed by atoms with Crippen LogP contribution in [0.5, 0.6) is 5.75 Å². The standard InChI is InChI=1S/C18H25BO4.C2H6/c1-8-13-10-14(21-12-20-7)11-16(15(13)9-2)19-22-17(3,4)18(5,6)23-19;1-2/h8-11H,1-2,12H2,3-7H3;1-2H3. The Kier molecular flexibility index (Phi) is 7.48. The van der Waals surface area contributed by atoms with Gasteiger partial charge in [0.2, 0.25) is 0 Å². The van der Waals surface area contributed by atoms with Gasteiger partial charge in [-0.15, -0.1) is 0 Å². The van der Waals surface area contributed by atoms with E-state index in [-0.39, 0.29) is 6.79 Å². The summed E-state index contributed by atoms with van der Waals surface area (Å²) in [5, 5.41) is 0. The summed E-state index contributed by atoms with van der Waals surface area (Å²) >= 11 is 0. The number of hydrogen-bond acceptors (Lipinski definition) is 4. The van der Waals surface area contributed by atoms with Gasteiger partial charge in [0.15, 0.2) is 6.79 Å². The molecule has 1 fully saturated rings. The maximum Gasteiger partial charge on any atom is 0.495 e. The van der Waals surface area contributed by atoms with Crippen molar-refractivity contribution in [3.05, 3.63) is 36.4 Å². The molecule has 1 heterocycles. The first-order chi connectivity index (χ1) is 11.8. The van der Waals surface area contributed by atoms with E-state index in [1.807, 2.05) is 53.7 Å². The summed E-state index contributed by atoms with van der Waals surface area (Å²) in [6, 6.07) is 3.81. The molecule has 0 radical (unpaired) electrons. The molecule has 0 amide bonds. The maximum absolute atomic E-state index is 6.16. The maximum atomic E-state index is 6.16. The fraction of sp³-hybridized carbons (Fsp3) is 0.500. The number of benzene rings is 1. The van der Waals surface area contributed by atoms with Gasteiger partial charge in [0.1, 0.15) is 5.75 Å². The van der Waals surface area contributed by atoms with Gasteiger partial charge in [-0.2, -0.15) is 0 Å². The van der Waals surface area contributed by atoms with Gasteiger partial charge in [0.05, 0.1) is 11.2 Å². The molecule has 0 bridgehead atoms. The summed E-state index contributed by atoms with van der Waals surface area (Å²) in [6.45, 7) is 20.1. The molecule has 1 aromatic carbocycles. The van der Waals surface area contributed by atoms with E-state index in [1.54, 1.807) is 19.3 Å². The molecule has 5 heteroatoms. The Balaban J connectivity index is 0.00000151. The van der Waals surface area contributed by atoms with Gasteiger partial charge in [-0.05, 0) is 56.4 Å². The molecular formula is C20H31BO4. The minimum Gasteiger partial charge on any atom is -0.468 e. The first-order valence-electron chi connectivity index (χ1n) is 8.66. The highest BCUT2D eigenvalue weighted by molar-refractivity contribution is 6.63. The van der Waals surface area contributed by atoms with Crippen LogP contribution in [0.25, 0.3) is 12.2 Å². The molecule has 0 aliphatic carbocycles. The topological polar surface area (TPSA) is 36.9 Å². The molecule has 0 unspecified atom stereocenters. The Morgan fingerprint density at radius 1 is 1.04 bits per heavy atom. The van der Waals surface area contributed by atoms with Gasteiger partial charge >= 0.3 is 7.12 Å². The number of rotatable bonds is 6. The van der Waals surface area contributed by atoms with Crippen LogP contribution in [0, 0.1) is 0 Å². The number of hydrogen-bond donors (Lipinski definition) is 0. The lowest BCUT2D eigenvalue weighted by Gasteiger charge is -2.32. The highest BCUT2D eigenvalue weighted by atomic mass is 16.7. The third-order valence-corrected chi connectivity index (χ3v) is 4.49. The summed E-state index contributed by atoms with van der Waals surface area (Å²) in [5.74, 6) is 0.678. The minimum atomic E-state index is -0.488. The van der Waals surface area contributed by atoms with E-state index in [2.05, 4.69) is 13.2 Å². The van der Waals surface area contributed by atoms with Crippen molar-refractivity contribution in [1.29, 1.82) is 0 Å². The first kappa shape index (κ1) is 21.5. The van der Waals surface area contributed by atoms with Crippen LogP contribution in [0.2, 0.25) is 0 Å². The molecule has 4 nitrogen and oxygen atoms in total. The highest BCUT2D eigenvalue weighted by Crippen LogP contribution is 2.37. The first-order valence-corrected chi connectivity index (χ1v) is 8.66. The molecule has 0 spiro atoms. The van der Waals surface area contributed by atoms with Gasteiger partial charge in [-0.25, -0.2) is 0 Å². The summed E-state index contributed by atoms with van der Waals surface area (Å²) < 4.78 is 22.9. The Morgan fingerprint density at radius 3 is 2.04 bits per heavy atom. The average Bonchev–Trinajstić information content (AvgIpc) is 2.81. The predicted molar refractivity (Wildman–Crippen MR) is 106 cm³/mol. The van der Waals surface area contributed by atoms with Crippen molar-refractivity contribution in [2.45, 2.75) is 52.7 Å². The molecule has 0 atom stereocenters. The minimum absolute atomic E-state index is 0.173. The summed E-state index contributed by atoms with van der Waals surface area (Å²) in [5.41, 5.74) is 1.91. The SMILES string of the molecule is C=Cc1cc(OCOC)cc(B2OC(C)(C)C(C)(C)O2)c1C=C.CC. The summed E-state index contributed by atoms with van der Waals surface area (Å²) in [7, 11) is 1.10. The van der Waals surface area contributed by atoms with Crippen LogP contribution >= 0.6 is 0 Å². The molecule has 0 aromatic heterocycles. The second-order valence-corrected chi connectivity index (χ2v) is 6.56. The second-order valence-electron chi connectivity index (χ2n) is 6.56. The molecule has 2 rings (SSSR count). The zero-order chi connectivity index (χ0) is 19.3. The molecule has 1 aliphatic heterocycles. The smallest absolute Gasteiger partial charge is 0.468 e. The predicted octanol–water partition coefficient (Wildman–Crippen LogP) is 4.28. The van der Waals surface area contributed by atoms with Crippen molar-refractivity contribution < 1.29 is 18.8 Å². The van der Waals surface area contributed by atoms with E-state index in [0.29, 0.717) is 5.75 Å². The average molecular weight is 346 g/mol. The number of methoxy groups -OCH3 is 1. The third kappa shape index (κ3) is 4.54. The van der Waals surface area contributed by atoms with Crippen molar-refractivity contribution in [2.24, 2.45) is 0 Å². The van der Waals surface area contributed by atoms with E-state index in [9.17, 15) is 0 Å². The lowest BCUT2D eigenvalue weighted by atomic mass is 9.74. The lowest BCUT2D eigenvalue weighted by molar-refractivity contribution is 0.00578. The number of ether oxygens (including phenoxy) is 2. The van der Waals surface area contributed by atoms with Crippen LogP contribution in [0.15, 0.2) is 25.3 Å². The van der Waals surface area contributed by atoms with Crippen LogP contribution < -0.4 is 10.2 Å². The van der Waals surface area contributed by atoms with E-state index in [0.717, 1.165) is 16.6 Å². The molecule has 138 valence electrons. The zero-order valence-corrected chi connectivity index (χ0v) is 16.6. The Hall–Kier alpha value is -1.56. The van der Waals surface area contributed by atoms with Crippen LogP contribution in [0.1, 0.15) is 52.7 Å². The Labute approximate surface area is 153 Å². The summed E-state index contributed by atoms with van der Waals surface area (Å²) in [6.07, 6.45) is 3.56. The van der Waals surface area contributed by atoms with Gasteiger partial charge in [0, 0.05) is 7.11 Å². The Bertz CT molecular complexity index is 592. The third-order valence-electron chi connectivity index (χ3n) is 4.49. The van der Waals surface area contributed by atoms with E-state index in [1.165, 1.54) is 0 Å². The highest BCUT2D eigenvalue weighted by Gasteiger charge is 2.52. The van der Waals surface area contributed by atoms with E-state index in [4.69, 9.17) is 18.8 Å². The van der Waals surface area contributed by atoms with Crippen molar-refractivity contribution in [3.8, 4) is 5.75 Å². The van der Waals surface area contributed by atoms with Crippen molar-refractivity contribution >= 4 is 24.7 Å². The van der Waals surface area contributed by atoms with Crippen molar-refractivity contribution in [2.75, 3.05) is 13.9 Å². The van der Waals surface area contributed by atoms with Crippen LogP contribution in [-0.2, 0) is 14.0 Å². The second kappa shape index (κ2) is 8.70. The fourth-order valence-corrected chi connectivity index (χ4v) is 2.45. The van der Waals surface area contributed by atoms with Gasteiger partial charge in [0.25, 0.3) is 0 Å². The largest absolute Gasteiger partial charge is 0.495 e. The Morgan fingerprint density at radius 2 is 1.60 bits per heavy atom. The van der Waals surface area contributed by atoms with E-state index < -0.39 is 18.3 Å². The molecule has 0 saturated carbocycles. The zero-order valence-electron chi connectivity index (χ0n) is 16.6. The monoisotopic (exact) mass is 346 g/mol.